The Morgan fingerprint density at radius 2 is 2.43 bits per heavy atom. The first kappa shape index (κ1) is 11.5. The Bertz CT molecular complexity index is 183. The highest BCUT2D eigenvalue weighted by atomic mass is 16.5. The van der Waals surface area contributed by atoms with Crippen LogP contribution in [0.4, 0.5) is 0 Å². The molecular weight excluding hydrogens is 180 g/mol. The van der Waals surface area contributed by atoms with Gasteiger partial charge in [0.25, 0.3) is 0 Å². The van der Waals surface area contributed by atoms with E-state index < -0.39 is 0 Å². The molecule has 1 saturated heterocycles. The predicted octanol–water partition coefficient (Wildman–Crippen LogP) is 0.363. The van der Waals surface area contributed by atoms with Gasteiger partial charge < -0.3 is 15.4 Å². The van der Waals surface area contributed by atoms with Crippen molar-refractivity contribution in [2.45, 2.75) is 32.3 Å². The number of hydrogen-bond acceptors (Lipinski definition) is 3. The minimum absolute atomic E-state index is 0.219. The molecule has 0 saturated carbocycles. The first-order valence-corrected chi connectivity index (χ1v) is 5.34. The largest absolute Gasteiger partial charge is 0.377 e. The van der Waals surface area contributed by atoms with E-state index in [-0.39, 0.29) is 5.91 Å². The van der Waals surface area contributed by atoms with Crippen LogP contribution in [-0.2, 0) is 9.53 Å². The number of rotatable bonds is 5. The van der Waals surface area contributed by atoms with E-state index in [1.165, 1.54) is 0 Å². The van der Waals surface area contributed by atoms with Crippen LogP contribution in [0.3, 0.4) is 0 Å². The van der Waals surface area contributed by atoms with Crippen LogP contribution >= 0.6 is 0 Å². The van der Waals surface area contributed by atoms with Gasteiger partial charge in [0, 0.05) is 26.1 Å². The van der Waals surface area contributed by atoms with Gasteiger partial charge >= 0.3 is 0 Å². The number of ether oxygens (including phenoxy) is 1. The summed E-state index contributed by atoms with van der Waals surface area (Å²) >= 11 is 0. The fraction of sp³-hybridized carbons (Fsp3) is 0.900. The summed E-state index contributed by atoms with van der Waals surface area (Å²) in [6.07, 6.45) is 3.10. The second-order valence-corrected chi connectivity index (χ2v) is 3.74. The summed E-state index contributed by atoms with van der Waals surface area (Å²) < 4.78 is 5.56. The van der Waals surface area contributed by atoms with Crippen molar-refractivity contribution in [3.8, 4) is 0 Å². The maximum atomic E-state index is 10.6. The summed E-state index contributed by atoms with van der Waals surface area (Å²) in [7, 11) is 0. The Labute approximate surface area is 85.4 Å². The molecule has 1 atom stereocenters. The number of primary amides is 1. The molecule has 0 aromatic carbocycles. The van der Waals surface area contributed by atoms with Gasteiger partial charge in [0.1, 0.15) is 0 Å². The van der Waals surface area contributed by atoms with Crippen LogP contribution < -0.4 is 5.73 Å². The highest BCUT2D eigenvalue weighted by Gasteiger charge is 2.19. The molecule has 1 fully saturated rings. The van der Waals surface area contributed by atoms with Crippen LogP contribution in [0.1, 0.15) is 26.2 Å². The fourth-order valence-electron chi connectivity index (χ4n) is 1.86. The molecule has 1 aliphatic heterocycles. The smallest absolute Gasteiger partial charge is 0.218 e. The lowest BCUT2D eigenvalue weighted by atomic mass is 10.1. The molecule has 1 heterocycles. The van der Waals surface area contributed by atoms with Crippen LogP contribution in [0.15, 0.2) is 0 Å². The normalized spacial score (nSPS) is 23.6. The van der Waals surface area contributed by atoms with Gasteiger partial charge in [0.15, 0.2) is 0 Å². The zero-order valence-corrected chi connectivity index (χ0v) is 8.87. The van der Waals surface area contributed by atoms with Gasteiger partial charge in [-0.3, -0.25) is 4.79 Å². The van der Waals surface area contributed by atoms with Crippen LogP contribution in [0.25, 0.3) is 0 Å². The summed E-state index contributed by atoms with van der Waals surface area (Å²) in [5.74, 6) is -0.219. The average Bonchev–Trinajstić information content (AvgIpc) is 2.16. The molecule has 1 aliphatic rings. The first-order chi connectivity index (χ1) is 6.72. The van der Waals surface area contributed by atoms with Crippen molar-refractivity contribution in [2.75, 3.05) is 26.2 Å². The lowest BCUT2D eigenvalue weighted by molar-refractivity contribution is -0.118. The van der Waals surface area contributed by atoms with E-state index in [0.717, 1.165) is 39.1 Å². The minimum atomic E-state index is -0.219. The molecule has 1 rings (SSSR count). The Morgan fingerprint density at radius 3 is 3.07 bits per heavy atom. The lowest BCUT2D eigenvalue weighted by Crippen LogP contribution is -2.41. The van der Waals surface area contributed by atoms with E-state index in [1.807, 2.05) is 6.92 Å². The van der Waals surface area contributed by atoms with Gasteiger partial charge in [-0.25, -0.2) is 0 Å². The van der Waals surface area contributed by atoms with Gasteiger partial charge in [-0.1, -0.05) is 0 Å². The molecular formula is C10H20N2O2. The van der Waals surface area contributed by atoms with Crippen LogP contribution in [0.5, 0.6) is 0 Å². The van der Waals surface area contributed by atoms with Gasteiger partial charge in [-0.05, 0) is 26.3 Å². The molecule has 14 heavy (non-hydrogen) atoms. The third-order valence-corrected chi connectivity index (χ3v) is 2.54. The van der Waals surface area contributed by atoms with Crippen LogP contribution in [0.2, 0.25) is 0 Å². The topological polar surface area (TPSA) is 55.6 Å². The van der Waals surface area contributed by atoms with Gasteiger partial charge in [0.2, 0.25) is 5.91 Å². The van der Waals surface area contributed by atoms with E-state index in [4.69, 9.17) is 10.5 Å². The SMILES string of the molecule is CCO[C@H]1CCCN(CCC(N)=O)C1. The van der Waals surface area contributed by atoms with Crippen molar-refractivity contribution in [1.82, 2.24) is 4.90 Å². The van der Waals surface area contributed by atoms with Crippen LogP contribution in [0, 0.1) is 0 Å². The average molecular weight is 200 g/mol. The molecule has 82 valence electrons. The van der Waals surface area contributed by atoms with Gasteiger partial charge in [-0.2, -0.15) is 0 Å². The number of piperidine rings is 1. The number of nitrogens with zero attached hydrogens (tertiary/aromatic N) is 1. The highest BCUT2D eigenvalue weighted by molar-refractivity contribution is 5.73. The second-order valence-electron chi connectivity index (χ2n) is 3.74. The Balaban J connectivity index is 2.21. The lowest BCUT2D eigenvalue weighted by Gasteiger charge is -2.32. The molecule has 0 aromatic heterocycles. The third-order valence-electron chi connectivity index (χ3n) is 2.54. The molecule has 0 aliphatic carbocycles. The quantitative estimate of drug-likeness (QED) is 0.697. The van der Waals surface area contributed by atoms with Crippen molar-refractivity contribution in [1.29, 1.82) is 0 Å². The monoisotopic (exact) mass is 200 g/mol. The Hall–Kier alpha value is -0.610. The second kappa shape index (κ2) is 5.98. The molecule has 2 N–H and O–H groups in total. The Kier molecular flexibility index (Phi) is 4.90. The number of nitrogens with two attached hydrogens (primary N) is 1. The zero-order chi connectivity index (χ0) is 10.4. The predicted molar refractivity (Wildman–Crippen MR) is 54.9 cm³/mol. The molecule has 4 heteroatoms. The third kappa shape index (κ3) is 4.07. The molecule has 0 bridgehead atoms. The fourth-order valence-corrected chi connectivity index (χ4v) is 1.86. The van der Waals surface area contributed by atoms with E-state index in [2.05, 4.69) is 4.90 Å². The van der Waals surface area contributed by atoms with E-state index in [0.29, 0.717) is 12.5 Å². The maximum Gasteiger partial charge on any atom is 0.218 e. The summed E-state index contributed by atoms with van der Waals surface area (Å²) in [6, 6.07) is 0. The number of amides is 1. The molecule has 0 unspecified atom stereocenters. The highest BCUT2D eigenvalue weighted by Crippen LogP contribution is 2.13. The van der Waals surface area contributed by atoms with Crippen molar-refractivity contribution < 1.29 is 9.53 Å². The van der Waals surface area contributed by atoms with Gasteiger partial charge in [-0.15, -0.1) is 0 Å². The van der Waals surface area contributed by atoms with E-state index in [9.17, 15) is 4.79 Å². The minimum Gasteiger partial charge on any atom is -0.377 e. The van der Waals surface area contributed by atoms with Crippen molar-refractivity contribution >= 4 is 5.91 Å². The number of carbonyl (C=O) groups excluding carboxylic acids is 1. The Morgan fingerprint density at radius 1 is 1.64 bits per heavy atom. The summed E-state index contributed by atoms with van der Waals surface area (Å²) in [6.45, 7) is 5.58. The molecule has 0 spiro atoms. The maximum absolute atomic E-state index is 10.6. The van der Waals surface area contributed by atoms with Crippen LogP contribution in [-0.4, -0.2) is 43.2 Å². The number of carbonyl (C=O) groups is 1. The molecule has 0 radical (unpaired) electrons. The van der Waals surface area contributed by atoms with E-state index >= 15 is 0 Å². The first-order valence-electron chi connectivity index (χ1n) is 5.34. The summed E-state index contributed by atoms with van der Waals surface area (Å²) in [5, 5.41) is 0. The van der Waals surface area contributed by atoms with Crippen molar-refractivity contribution in [3.05, 3.63) is 0 Å². The van der Waals surface area contributed by atoms with Gasteiger partial charge in [0.05, 0.1) is 6.10 Å². The van der Waals surface area contributed by atoms with Crippen molar-refractivity contribution in [2.24, 2.45) is 5.73 Å². The summed E-state index contributed by atoms with van der Waals surface area (Å²) in [4.78, 5) is 12.9. The van der Waals surface area contributed by atoms with Crippen molar-refractivity contribution in [3.63, 3.8) is 0 Å². The van der Waals surface area contributed by atoms with E-state index in [1.54, 1.807) is 0 Å². The molecule has 0 aromatic rings. The molecule has 1 amide bonds. The zero-order valence-electron chi connectivity index (χ0n) is 8.87. The number of hydrogen-bond donors (Lipinski definition) is 1. The standard InChI is InChI=1S/C10H20N2O2/c1-2-14-9-4-3-6-12(8-9)7-5-10(11)13/h9H,2-8H2,1H3,(H2,11,13)/t9-/m0/s1. The number of likely N-dealkylation sites (tertiary alicyclic amines) is 1. The summed E-state index contributed by atoms with van der Waals surface area (Å²) in [5.41, 5.74) is 5.11. The molecule has 4 nitrogen and oxygen atoms in total.